The average Bonchev–Trinajstić information content (AvgIpc) is 2.60. The number of ether oxygens (including phenoxy) is 1. The first-order valence-electron chi connectivity index (χ1n) is 7.54. The van der Waals surface area contributed by atoms with E-state index in [1.54, 1.807) is 24.3 Å². The van der Waals surface area contributed by atoms with Crippen molar-refractivity contribution in [2.45, 2.75) is 6.10 Å². The van der Waals surface area contributed by atoms with Gasteiger partial charge >= 0.3 is 0 Å². The van der Waals surface area contributed by atoms with Crippen molar-refractivity contribution in [1.82, 2.24) is 0 Å². The van der Waals surface area contributed by atoms with Gasteiger partial charge in [0.2, 0.25) is 6.10 Å². The summed E-state index contributed by atoms with van der Waals surface area (Å²) < 4.78 is 5.98. The molecule has 1 heterocycles. The molecule has 0 radical (unpaired) electrons. The molecule has 0 saturated heterocycles. The predicted octanol–water partition coefficient (Wildman–Crippen LogP) is 5.90. The molecule has 0 fully saturated rings. The van der Waals surface area contributed by atoms with Gasteiger partial charge in [0.15, 0.2) is 0 Å². The molecule has 0 unspecified atom stereocenters. The van der Waals surface area contributed by atoms with Gasteiger partial charge < -0.3 is 4.74 Å². The van der Waals surface area contributed by atoms with Crippen LogP contribution in [0.2, 0.25) is 10.0 Å². The molecule has 0 bridgehead atoms. The minimum atomic E-state index is -0.968. The standard InChI is InChI=1S/C19H11Cl2NO3/c20-14-6-3-7-15(21)18(14)19-16(22(23)24)10-13-12-5-2-1-4-11(12)8-9-17(13)25-19/h1-10,19H/t19-/m0/s1. The van der Waals surface area contributed by atoms with Gasteiger partial charge in [0.25, 0.3) is 5.70 Å². The van der Waals surface area contributed by atoms with Gasteiger partial charge in [-0.15, -0.1) is 0 Å². The van der Waals surface area contributed by atoms with Crippen LogP contribution in [0, 0.1) is 10.1 Å². The fourth-order valence-electron chi connectivity index (χ4n) is 3.05. The van der Waals surface area contributed by atoms with Gasteiger partial charge in [0, 0.05) is 27.2 Å². The molecule has 6 heteroatoms. The Labute approximate surface area is 153 Å². The predicted molar refractivity (Wildman–Crippen MR) is 98.8 cm³/mol. The third-order valence-electron chi connectivity index (χ3n) is 4.21. The van der Waals surface area contributed by atoms with Crippen molar-refractivity contribution in [2.24, 2.45) is 0 Å². The second-order valence-electron chi connectivity index (χ2n) is 5.66. The number of rotatable bonds is 2. The topological polar surface area (TPSA) is 52.4 Å². The second-order valence-corrected chi connectivity index (χ2v) is 6.47. The number of benzene rings is 3. The van der Waals surface area contributed by atoms with Crippen molar-refractivity contribution in [3.63, 3.8) is 0 Å². The van der Waals surface area contributed by atoms with E-state index in [0.717, 1.165) is 10.8 Å². The zero-order valence-electron chi connectivity index (χ0n) is 12.8. The molecule has 0 spiro atoms. The Morgan fingerprint density at radius 2 is 1.68 bits per heavy atom. The highest BCUT2D eigenvalue weighted by Crippen LogP contribution is 2.44. The van der Waals surface area contributed by atoms with Gasteiger partial charge in [0.05, 0.1) is 4.92 Å². The molecule has 0 N–H and O–H groups in total. The van der Waals surface area contributed by atoms with Crippen molar-refractivity contribution >= 4 is 40.1 Å². The number of nitro groups is 1. The highest BCUT2D eigenvalue weighted by molar-refractivity contribution is 6.36. The SMILES string of the molecule is O=[N+]([O-])C1=Cc2c(ccc3ccccc23)O[C@@H]1c1c(Cl)cccc1Cl. The van der Waals surface area contributed by atoms with E-state index in [4.69, 9.17) is 27.9 Å². The van der Waals surface area contributed by atoms with Gasteiger partial charge in [-0.05, 0) is 29.0 Å². The van der Waals surface area contributed by atoms with Crippen LogP contribution in [0.1, 0.15) is 17.2 Å². The van der Waals surface area contributed by atoms with E-state index in [1.165, 1.54) is 0 Å². The van der Waals surface area contributed by atoms with Crippen molar-refractivity contribution < 1.29 is 9.66 Å². The molecule has 1 aliphatic rings. The molecular weight excluding hydrogens is 361 g/mol. The first-order valence-corrected chi connectivity index (χ1v) is 8.30. The van der Waals surface area contributed by atoms with Gasteiger partial charge in [-0.25, -0.2) is 0 Å². The van der Waals surface area contributed by atoms with Gasteiger partial charge in [-0.1, -0.05) is 59.6 Å². The van der Waals surface area contributed by atoms with Crippen molar-refractivity contribution in [3.05, 3.63) is 91.6 Å². The minimum absolute atomic E-state index is 0.0983. The Kier molecular flexibility index (Phi) is 3.86. The Hall–Kier alpha value is -2.56. The first kappa shape index (κ1) is 15.9. The summed E-state index contributed by atoms with van der Waals surface area (Å²) in [6.45, 7) is 0. The van der Waals surface area contributed by atoms with Crippen molar-refractivity contribution in [1.29, 1.82) is 0 Å². The molecule has 25 heavy (non-hydrogen) atoms. The normalized spacial score (nSPS) is 16.1. The number of hydrogen-bond acceptors (Lipinski definition) is 3. The maximum atomic E-state index is 11.7. The van der Waals surface area contributed by atoms with E-state index in [1.807, 2.05) is 36.4 Å². The van der Waals surface area contributed by atoms with E-state index in [9.17, 15) is 10.1 Å². The molecule has 124 valence electrons. The molecule has 0 aliphatic carbocycles. The monoisotopic (exact) mass is 371 g/mol. The lowest BCUT2D eigenvalue weighted by Gasteiger charge is -2.24. The smallest absolute Gasteiger partial charge is 0.291 e. The molecule has 3 aromatic rings. The summed E-state index contributed by atoms with van der Waals surface area (Å²) in [4.78, 5) is 11.2. The Balaban J connectivity index is 1.96. The fourth-order valence-corrected chi connectivity index (χ4v) is 3.65. The van der Waals surface area contributed by atoms with Crippen LogP contribution in [0.25, 0.3) is 16.8 Å². The van der Waals surface area contributed by atoms with Gasteiger partial charge in [-0.3, -0.25) is 10.1 Å². The Morgan fingerprint density at radius 1 is 0.960 bits per heavy atom. The number of hydrogen-bond donors (Lipinski definition) is 0. The average molecular weight is 372 g/mol. The van der Waals surface area contributed by atoms with Crippen LogP contribution in [-0.4, -0.2) is 4.92 Å². The third-order valence-corrected chi connectivity index (χ3v) is 4.87. The highest BCUT2D eigenvalue weighted by atomic mass is 35.5. The number of nitrogens with zero attached hydrogens (tertiary/aromatic N) is 1. The highest BCUT2D eigenvalue weighted by Gasteiger charge is 2.36. The van der Waals surface area contributed by atoms with Crippen molar-refractivity contribution in [3.8, 4) is 5.75 Å². The van der Waals surface area contributed by atoms with Crippen LogP contribution >= 0.6 is 23.2 Å². The minimum Gasteiger partial charge on any atom is -0.474 e. The maximum Gasteiger partial charge on any atom is 0.291 e. The lowest BCUT2D eigenvalue weighted by atomic mass is 9.97. The molecule has 3 aromatic carbocycles. The van der Waals surface area contributed by atoms with Crippen LogP contribution in [0.5, 0.6) is 5.75 Å². The largest absolute Gasteiger partial charge is 0.474 e. The van der Waals surface area contributed by atoms with Crippen LogP contribution in [0.4, 0.5) is 0 Å². The Bertz CT molecular complexity index is 1030. The summed E-state index contributed by atoms with van der Waals surface area (Å²) in [6, 6.07) is 16.4. The second kappa shape index (κ2) is 6.06. The number of fused-ring (bicyclic) bond motifs is 3. The van der Waals surface area contributed by atoms with Gasteiger partial charge in [0.1, 0.15) is 5.75 Å². The summed E-state index contributed by atoms with van der Waals surface area (Å²) in [6.07, 6.45) is 0.579. The summed E-state index contributed by atoms with van der Waals surface area (Å²) in [5.74, 6) is 0.560. The molecular formula is C19H11Cl2NO3. The molecule has 0 amide bonds. The van der Waals surface area contributed by atoms with Crippen LogP contribution in [0.15, 0.2) is 60.3 Å². The maximum absolute atomic E-state index is 11.7. The molecule has 0 aromatic heterocycles. The van der Waals surface area contributed by atoms with Crippen LogP contribution in [0.3, 0.4) is 0 Å². The molecule has 4 nitrogen and oxygen atoms in total. The lowest BCUT2D eigenvalue weighted by molar-refractivity contribution is -0.434. The van der Waals surface area contributed by atoms with Crippen LogP contribution < -0.4 is 4.74 Å². The quantitative estimate of drug-likeness (QED) is 0.416. The Morgan fingerprint density at radius 3 is 2.40 bits per heavy atom. The fraction of sp³-hybridized carbons (Fsp3) is 0.0526. The van der Waals surface area contributed by atoms with E-state index < -0.39 is 11.0 Å². The summed E-state index contributed by atoms with van der Waals surface area (Å²) in [5, 5.41) is 14.2. The zero-order chi connectivity index (χ0) is 17.6. The zero-order valence-corrected chi connectivity index (χ0v) is 14.3. The summed E-state index contributed by atoms with van der Waals surface area (Å²) >= 11 is 12.5. The summed E-state index contributed by atoms with van der Waals surface area (Å²) in [5.41, 5.74) is 0.982. The van der Waals surface area contributed by atoms with Crippen LogP contribution in [-0.2, 0) is 0 Å². The van der Waals surface area contributed by atoms with Crippen molar-refractivity contribution in [2.75, 3.05) is 0 Å². The molecule has 1 aliphatic heterocycles. The molecule has 1 atom stereocenters. The van der Waals surface area contributed by atoms with E-state index in [0.29, 0.717) is 26.9 Å². The van der Waals surface area contributed by atoms with E-state index in [-0.39, 0.29) is 5.70 Å². The lowest BCUT2D eigenvalue weighted by Crippen LogP contribution is -2.20. The van der Waals surface area contributed by atoms with E-state index in [2.05, 4.69) is 0 Å². The van der Waals surface area contributed by atoms with E-state index >= 15 is 0 Å². The molecule has 4 rings (SSSR count). The summed E-state index contributed by atoms with van der Waals surface area (Å²) in [7, 11) is 0. The first-order chi connectivity index (χ1) is 12.1. The van der Waals surface area contributed by atoms with Gasteiger partial charge in [-0.2, -0.15) is 0 Å². The number of halogens is 2. The molecule has 0 saturated carbocycles. The third kappa shape index (κ3) is 2.64.